The number of aromatic nitrogens is 6. The monoisotopic (exact) mass is 1310 g/mol. The first kappa shape index (κ1) is 66.5. The molecule has 10 N–H and O–H groups in total. The first-order valence-electron chi connectivity index (χ1n) is 26.4. The van der Waals surface area contributed by atoms with Crippen LogP contribution >= 0.6 is 34.0 Å². The third kappa shape index (κ3) is 17.5. The van der Waals surface area contributed by atoms with Crippen molar-refractivity contribution >= 4 is 97.9 Å². The molecule has 11 rings (SSSR count). The highest BCUT2D eigenvalue weighted by Crippen LogP contribution is 2.35. The van der Waals surface area contributed by atoms with E-state index < -0.39 is 36.6 Å². The van der Waals surface area contributed by atoms with Crippen molar-refractivity contribution < 1.29 is 74.3 Å². The normalized spacial score (nSPS) is 11.8. The zero-order chi connectivity index (χ0) is 65.9. The molecule has 0 aliphatic rings. The Morgan fingerprint density at radius 2 is 0.879 bits per heavy atom. The average Bonchev–Trinajstić information content (AvgIpc) is 1.83. The molecule has 21 nitrogen and oxygen atoms in total. The number of rotatable bonds is 14. The second-order valence-corrected chi connectivity index (χ2v) is 22.3. The number of ether oxygens (including phenoxy) is 6. The lowest BCUT2D eigenvalue weighted by Gasteiger charge is -2.17. The van der Waals surface area contributed by atoms with E-state index in [9.17, 15) is 45.8 Å². The number of hydrogen-bond donors (Lipinski definition) is 6. The molecule has 0 radical (unpaired) electrons. The summed E-state index contributed by atoms with van der Waals surface area (Å²) in [5.41, 5.74) is 31.4. The van der Waals surface area contributed by atoms with Gasteiger partial charge < -0.3 is 61.8 Å². The number of nitrogens with zero attached hydrogens (tertiary/aromatic N) is 6. The maximum absolute atomic E-state index is 13.1. The third-order valence-corrected chi connectivity index (χ3v) is 15.3. The number of methoxy groups -OCH3 is 4. The summed E-state index contributed by atoms with van der Waals surface area (Å²) in [5.74, 6) is -2.24. The SMILES string of the molecule is CC(N)c1cccc(OC(F)(F)F)c1.COC(=O)c1cc(-c2ccc3nc(N)sc3c2)cnc1OC.COc1ncc(-c2ccc3nc(N)sc3c2)cc1C(=O)NC(C)c1cccc(OC(F)(F)F)c1.COc1ncc(-c2ccc3nc(N)sc3c2)cc1C(=O)O. The van der Waals surface area contributed by atoms with Crippen LogP contribution in [-0.2, 0) is 4.74 Å². The average molecular weight is 1310 g/mol. The van der Waals surface area contributed by atoms with Crippen molar-refractivity contribution in [2.45, 2.75) is 38.7 Å². The number of pyridine rings is 3. The van der Waals surface area contributed by atoms with Gasteiger partial charge in [0, 0.05) is 41.3 Å². The van der Waals surface area contributed by atoms with Crippen molar-refractivity contribution in [1.29, 1.82) is 0 Å². The number of hydrogen-bond acceptors (Lipinski definition) is 22. The molecule has 2 unspecified atom stereocenters. The number of anilines is 3. The minimum Gasteiger partial charge on any atom is -0.480 e. The highest BCUT2D eigenvalue weighted by atomic mass is 32.1. The number of amides is 1. The van der Waals surface area contributed by atoms with Gasteiger partial charge in [0.05, 0.1) is 65.1 Å². The predicted molar refractivity (Wildman–Crippen MR) is 334 cm³/mol. The Hall–Kier alpha value is -10.4. The Morgan fingerprint density at radius 1 is 0.505 bits per heavy atom. The molecule has 1 amide bonds. The van der Waals surface area contributed by atoms with Gasteiger partial charge in [-0.3, -0.25) is 4.79 Å². The summed E-state index contributed by atoms with van der Waals surface area (Å²) in [5, 5.41) is 13.4. The Kier molecular flexibility index (Phi) is 21.1. The molecule has 6 heterocycles. The second-order valence-electron chi connectivity index (χ2n) is 19.1. The van der Waals surface area contributed by atoms with Crippen LogP contribution in [0, 0.1) is 0 Å². The van der Waals surface area contributed by atoms with E-state index in [4.69, 9.17) is 41.9 Å². The number of carboxylic acid groups (broad SMARTS) is 1. The van der Waals surface area contributed by atoms with Gasteiger partial charge in [0.25, 0.3) is 5.91 Å². The van der Waals surface area contributed by atoms with Crippen LogP contribution in [0.4, 0.5) is 41.7 Å². The van der Waals surface area contributed by atoms with Gasteiger partial charge in [0.2, 0.25) is 17.6 Å². The van der Waals surface area contributed by atoms with Crippen LogP contribution in [0.3, 0.4) is 0 Å². The lowest BCUT2D eigenvalue weighted by atomic mass is 10.0. The lowest BCUT2D eigenvalue weighted by molar-refractivity contribution is -0.275. The Labute approximate surface area is 525 Å². The summed E-state index contributed by atoms with van der Waals surface area (Å²) in [6, 6.07) is 32.0. The van der Waals surface area contributed by atoms with Gasteiger partial charge in [-0.2, -0.15) is 0 Å². The molecule has 2 atom stereocenters. The Morgan fingerprint density at radius 3 is 1.26 bits per heavy atom. The molecule has 11 aromatic rings. The predicted octanol–water partition coefficient (Wildman–Crippen LogP) is 13.3. The topological polar surface area (TPSA) is 320 Å². The van der Waals surface area contributed by atoms with Crippen LogP contribution in [0.15, 0.2) is 140 Å². The van der Waals surface area contributed by atoms with E-state index in [0.29, 0.717) is 37.6 Å². The molecular formula is C61H53F6N11O10S3. The summed E-state index contributed by atoms with van der Waals surface area (Å²) in [4.78, 5) is 61.2. The minimum absolute atomic E-state index is 0.0268. The van der Waals surface area contributed by atoms with Gasteiger partial charge in [0.1, 0.15) is 28.2 Å². The molecule has 472 valence electrons. The molecule has 0 spiro atoms. The number of aromatic carboxylic acids is 1. The summed E-state index contributed by atoms with van der Waals surface area (Å²) < 4.78 is 104. The molecule has 0 fully saturated rings. The van der Waals surface area contributed by atoms with Crippen molar-refractivity contribution in [3.63, 3.8) is 0 Å². The molecule has 0 saturated carbocycles. The number of carbonyl (C=O) groups is 3. The number of nitrogens with one attached hydrogen (secondary N) is 1. The number of alkyl halides is 6. The van der Waals surface area contributed by atoms with Gasteiger partial charge in [-0.25, -0.2) is 39.5 Å². The van der Waals surface area contributed by atoms with Gasteiger partial charge >= 0.3 is 24.7 Å². The summed E-state index contributed by atoms with van der Waals surface area (Å²) in [6.45, 7) is 3.34. The maximum atomic E-state index is 13.1. The summed E-state index contributed by atoms with van der Waals surface area (Å²) >= 11 is 4.15. The van der Waals surface area contributed by atoms with Gasteiger partial charge in [-0.05, 0) is 121 Å². The zero-order valence-electron chi connectivity index (χ0n) is 48.5. The first-order chi connectivity index (χ1) is 43.2. The van der Waals surface area contributed by atoms with Gasteiger partial charge in [-0.15, -0.1) is 26.3 Å². The minimum atomic E-state index is -4.81. The number of carbonyl (C=O) groups excluding carboxylic acids is 2. The van der Waals surface area contributed by atoms with Crippen LogP contribution in [0.5, 0.6) is 29.1 Å². The number of thiazole rings is 3. The zero-order valence-corrected chi connectivity index (χ0v) is 51.0. The largest absolute Gasteiger partial charge is 0.573 e. The number of nitrogens with two attached hydrogens (primary N) is 4. The molecule has 30 heteroatoms. The molecule has 0 saturated heterocycles. The van der Waals surface area contributed by atoms with Crippen LogP contribution in [0.2, 0.25) is 0 Å². The van der Waals surface area contributed by atoms with Crippen LogP contribution in [-0.4, -0.2) is 94.0 Å². The van der Waals surface area contributed by atoms with Crippen LogP contribution < -0.4 is 51.9 Å². The van der Waals surface area contributed by atoms with E-state index in [-0.39, 0.29) is 51.9 Å². The molecule has 91 heavy (non-hydrogen) atoms. The fourth-order valence-corrected chi connectivity index (χ4v) is 10.9. The lowest BCUT2D eigenvalue weighted by Crippen LogP contribution is -2.27. The van der Waals surface area contributed by atoms with Crippen molar-refractivity contribution in [1.82, 2.24) is 35.2 Å². The molecule has 5 aromatic carbocycles. The van der Waals surface area contributed by atoms with Crippen molar-refractivity contribution in [3.05, 3.63) is 168 Å². The van der Waals surface area contributed by atoms with E-state index in [1.807, 2.05) is 54.6 Å². The number of esters is 1. The number of fused-ring (bicyclic) bond motifs is 3. The standard InChI is InChI=1S/C23H19F3N4O3S.C15H13N3O3S.C14H11N3O3S.C9H10F3NO/c1-12(13-4-3-5-16(8-13)33-23(24,25)26)29-20(31)17-9-15(11-28-21(17)32-2)14-6-7-18-19(10-14)34-22(27)30-18;1-20-13-10(14(19)21-2)5-9(7-17-13)8-3-4-11-12(6-8)22-15(16)18-11;1-20-12-9(13(18)19)4-8(6-16-12)7-2-3-10-11(5-7)21-14(15)17-10;1-6(13)7-3-2-4-8(5-7)14-9(10,11)12/h3-12H,1-2H3,(H2,27,30)(H,29,31);3-7H,1-2H3,(H2,16,18);2-6H,1H3,(H2,15,17)(H,18,19);2-6H,13H2,1H3. The smallest absolute Gasteiger partial charge is 0.480 e. The first-order valence-corrected chi connectivity index (χ1v) is 28.9. The summed E-state index contributed by atoms with van der Waals surface area (Å²) in [6.07, 6.45) is -4.65. The fraction of sp³-hybridized carbons (Fsp3) is 0.164. The van der Waals surface area contributed by atoms with Crippen molar-refractivity contribution in [2.75, 3.05) is 45.6 Å². The van der Waals surface area contributed by atoms with Crippen molar-refractivity contribution in [3.8, 4) is 62.5 Å². The van der Waals surface area contributed by atoms with Crippen LogP contribution in [0.1, 0.15) is 68.1 Å². The van der Waals surface area contributed by atoms with Gasteiger partial charge in [0.15, 0.2) is 15.4 Å². The maximum Gasteiger partial charge on any atom is 0.573 e. The molecule has 0 bridgehead atoms. The highest BCUT2D eigenvalue weighted by molar-refractivity contribution is 7.22. The number of benzene rings is 5. The van der Waals surface area contributed by atoms with Gasteiger partial charge in [-0.1, -0.05) is 76.5 Å². The quantitative estimate of drug-likeness (QED) is 0.0435. The molecule has 0 aliphatic heterocycles. The van der Waals surface area contributed by atoms with E-state index in [0.717, 1.165) is 52.9 Å². The Bertz CT molecular complexity index is 4430. The number of halogens is 6. The molecular weight excluding hydrogens is 1260 g/mol. The summed E-state index contributed by atoms with van der Waals surface area (Å²) in [7, 11) is 5.56. The highest BCUT2D eigenvalue weighted by Gasteiger charge is 2.32. The number of nitrogen functional groups attached to an aromatic ring is 3. The van der Waals surface area contributed by atoms with Crippen LogP contribution in [0.25, 0.3) is 64.0 Å². The van der Waals surface area contributed by atoms with E-state index >= 15 is 0 Å². The van der Waals surface area contributed by atoms with E-state index in [1.165, 1.54) is 98.8 Å². The third-order valence-electron chi connectivity index (χ3n) is 12.8. The number of carboxylic acids is 1. The van der Waals surface area contributed by atoms with Crippen molar-refractivity contribution in [2.24, 2.45) is 5.73 Å². The second kappa shape index (κ2) is 28.8. The fourth-order valence-electron chi connectivity index (χ4n) is 8.59. The van der Waals surface area contributed by atoms with E-state index in [1.54, 1.807) is 62.8 Å². The molecule has 0 aliphatic carbocycles. The Balaban J connectivity index is 0.000000164. The molecule has 6 aromatic heterocycles. The van der Waals surface area contributed by atoms with E-state index in [2.05, 4.69) is 44.7 Å².